The summed E-state index contributed by atoms with van der Waals surface area (Å²) in [6, 6.07) is 8.28. The van der Waals surface area contributed by atoms with Gasteiger partial charge in [-0.25, -0.2) is 4.98 Å². The maximum Gasteiger partial charge on any atom is 0.131 e. The standard InChI is InChI=1S/C15H16BrN3/c1-10-7-12(16)8-18-15(10)19-6-5-13-11(9-19)3-2-4-14(13)17/h2-4,7-8H,5-6,9,17H2,1H3. The van der Waals surface area contributed by atoms with E-state index in [0.717, 1.165) is 35.5 Å². The van der Waals surface area contributed by atoms with Gasteiger partial charge in [0.15, 0.2) is 0 Å². The lowest BCUT2D eigenvalue weighted by Crippen LogP contribution is -2.32. The van der Waals surface area contributed by atoms with Gasteiger partial charge < -0.3 is 10.6 Å². The molecule has 0 unspecified atom stereocenters. The van der Waals surface area contributed by atoms with Crippen molar-refractivity contribution in [2.24, 2.45) is 0 Å². The minimum absolute atomic E-state index is 0.885. The van der Waals surface area contributed by atoms with Crippen LogP contribution in [0.2, 0.25) is 0 Å². The maximum absolute atomic E-state index is 6.03. The van der Waals surface area contributed by atoms with E-state index in [1.165, 1.54) is 16.7 Å². The smallest absolute Gasteiger partial charge is 0.131 e. The number of nitrogen functional groups attached to an aromatic ring is 1. The topological polar surface area (TPSA) is 42.2 Å². The number of hydrogen-bond acceptors (Lipinski definition) is 3. The van der Waals surface area contributed by atoms with Crippen LogP contribution in [0.5, 0.6) is 0 Å². The quantitative estimate of drug-likeness (QED) is 0.821. The van der Waals surface area contributed by atoms with E-state index in [4.69, 9.17) is 5.73 Å². The zero-order valence-corrected chi connectivity index (χ0v) is 12.4. The minimum Gasteiger partial charge on any atom is -0.398 e. The van der Waals surface area contributed by atoms with Crippen molar-refractivity contribution in [2.45, 2.75) is 19.9 Å². The second kappa shape index (κ2) is 4.85. The SMILES string of the molecule is Cc1cc(Br)cnc1N1CCc2c(N)cccc2C1. The van der Waals surface area contributed by atoms with E-state index in [1.807, 2.05) is 18.3 Å². The molecule has 2 N–H and O–H groups in total. The van der Waals surface area contributed by atoms with Gasteiger partial charge in [-0.05, 0) is 58.1 Å². The molecule has 3 nitrogen and oxygen atoms in total. The van der Waals surface area contributed by atoms with Gasteiger partial charge in [-0.3, -0.25) is 0 Å². The summed E-state index contributed by atoms with van der Waals surface area (Å²) < 4.78 is 1.02. The van der Waals surface area contributed by atoms with Crippen LogP contribution in [0.1, 0.15) is 16.7 Å². The number of aryl methyl sites for hydroxylation is 1. The van der Waals surface area contributed by atoms with Crippen molar-refractivity contribution >= 4 is 27.4 Å². The van der Waals surface area contributed by atoms with Crippen molar-refractivity contribution in [1.82, 2.24) is 4.98 Å². The van der Waals surface area contributed by atoms with Crippen molar-refractivity contribution in [3.8, 4) is 0 Å². The summed E-state index contributed by atoms with van der Waals surface area (Å²) in [5.41, 5.74) is 10.8. The van der Waals surface area contributed by atoms with Crippen LogP contribution in [0.15, 0.2) is 34.9 Å². The Bertz CT molecular complexity index is 625. The fourth-order valence-electron chi connectivity index (χ4n) is 2.68. The highest BCUT2D eigenvalue weighted by atomic mass is 79.9. The van der Waals surface area contributed by atoms with Crippen LogP contribution >= 0.6 is 15.9 Å². The van der Waals surface area contributed by atoms with E-state index in [1.54, 1.807) is 0 Å². The van der Waals surface area contributed by atoms with Crippen LogP contribution in [0.3, 0.4) is 0 Å². The van der Waals surface area contributed by atoms with E-state index in [0.29, 0.717) is 0 Å². The van der Waals surface area contributed by atoms with Gasteiger partial charge in [-0.15, -0.1) is 0 Å². The molecular formula is C15H16BrN3. The molecule has 2 aromatic rings. The van der Waals surface area contributed by atoms with E-state index in [9.17, 15) is 0 Å². The molecule has 0 aliphatic carbocycles. The molecule has 0 atom stereocenters. The number of fused-ring (bicyclic) bond motifs is 1. The highest BCUT2D eigenvalue weighted by Crippen LogP contribution is 2.29. The molecular weight excluding hydrogens is 302 g/mol. The summed E-state index contributed by atoms with van der Waals surface area (Å²) in [4.78, 5) is 6.87. The number of benzene rings is 1. The molecule has 1 aromatic carbocycles. The summed E-state index contributed by atoms with van der Waals surface area (Å²) in [5, 5.41) is 0. The van der Waals surface area contributed by atoms with Crippen molar-refractivity contribution in [3.05, 3.63) is 51.6 Å². The van der Waals surface area contributed by atoms with Crippen molar-refractivity contribution in [2.75, 3.05) is 17.2 Å². The predicted molar refractivity (Wildman–Crippen MR) is 82.3 cm³/mol. The lowest BCUT2D eigenvalue weighted by atomic mass is 9.98. The third-order valence-electron chi connectivity index (χ3n) is 3.62. The molecule has 19 heavy (non-hydrogen) atoms. The first-order chi connectivity index (χ1) is 9.15. The number of pyridine rings is 1. The number of aromatic nitrogens is 1. The second-order valence-electron chi connectivity index (χ2n) is 4.95. The summed E-state index contributed by atoms with van der Waals surface area (Å²) in [6.45, 7) is 3.95. The fraction of sp³-hybridized carbons (Fsp3) is 0.267. The second-order valence-corrected chi connectivity index (χ2v) is 5.87. The molecule has 4 heteroatoms. The lowest BCUT2D eigenvalue weighted by Gasteiger charge is -2.31. The Morgan fingerprint density at radius 3 is 3.00 bits per heavy atom. The summed E-state index contributed by atoms with van der Waals surface area (Å²) in [6.07, 6.45) is 2.84. The van der Waals surface area contributed by atoms with E-state index < -0.39 is 0 Å². The first-order valence-electron chi connectivity index (χ1n) is 6.38. The zero-order valence-electron chi connectivity index (χ0n) is 10.9. The van der Waals surface area contributed by atoms with Gasteiger partial charge in [0, 0.05) is 29.4 Å². The van der Waals surface area contributed by atoms with Crippen LogP contribution in [-0.4, -0.2) is 11.5 Å². The molecule has 1 aliphatic rings. The molecule has 0 radical (unpaired) electrons. The minimum atomic E-state index is 0.885. The molecule has 98 valence electrons. The Morgan fingerprint density at radius 1 is 1.37 bits per heavy atom. The van der Waals surface area contributed by atoms with Crippen molar-refractivity contribution in [3.63, 3.8) is 0 Å². The van der Waals surface area contributed by atoms with Crippen molar-refractivity contribution < 1.29 is 0 Å². The molecule has 0 saturated heterocycles. The Morgan fingerprint density at radius 2 is 2.21 bits per heavy atom. The molecule has 3 rings (SSSR count). The van der Waals surface area contributed by atoms with Gasteiger partial charge in [0.25, 0.3) is 0 Å². The number of nitrogens with two attached hydrogens (primary N) is 1. The Kier molecular flexibility index (Phi) is 3.19. The predicted octanol–water partition coefficient (Wildman–Crippen LogP) is 3.30. The van der Waals surface area contributed by atoms with E-state index >= 15 is 0 Å². The first kappa shape index (κ1) is 12.5. The molecule has 0 spiro atoms. The van der Waals surface area contributed by atoms with Crippen LogP contribution in [0.25, 0.3) is 0 Å². The Balaban J connectivity index is 1.93. The zero-order chi connectivity index (χ0) is 13.4. The van der Waals surface area contributed by atoms with Crippen LogP contribution in [0, 0.1) is 6.92 Å². The van der Waals surface area contributed by atoms with Gasteiger partial charge in [-0.1, -0.05) is 12.1 Å². The first-order valence-corrected chi connectivity index (χ1v) is 7.18. The van der Waals surface area contributed by atoms with Gasteiger partial charge in [0.1, 0.15) is 5.82 Å². The Hall–Kier alpha value is -1.55. The third-order valence-corrected chi connectivity index (χ3v) is 4.05. The number of halogens is 1. The maximum atomic E-state index is 6.03. The summed E-state index contributed by atoms with van der Waals surface area (Å²) >= 11 is 3.46. The number of hydrogen-bond donors (Lipinski definition) is 1. The van der Waals surface area contributed by atoms with Gasteiger partial charge in [0.2, 0.25) is 0 Å². The normalized spacial score (nSPS) is 14.3. The number of anilines is 2. The molecule has 0 fully saturated rings. The number of rotatable bonds is 1. The van der Waals surface area contributed by atoms with E-state index in [-0.39, 0.29) is 0 Å². The molecule has 0 saturated carbocycles. The van der Waals surface area contributed by atoms with E-state index in [2.05, 4.69) is 44.9 Å². The molecule has 2 heterocycles. The third kappa shape index (κ3) is 2.32. The average molecular weight is 318 g/mol. The highest BCUT2D eigenvalue weighted by molar-refractivity contribution is 9.10. The van der Waals surface area contributed by atoms with Gasteiger partial charge >= 0.3 is 0 Å². The molecule has 0 bridgehead atoms. The highest BCUT2D eigenvalue weighted by Gasteiger charge is 2.20. The summed E-state index contributed by atoms with van der Waals surface area (Å²) in [7, 11) is 0. The Labute approximate surface area is 121 Å². The number of nitrogens with zero attached hydrogens (tertiary/aromatic N) is 2. The van der Waals surface area contributed by atoms with Crippen molar-refractivity contribution in [1.29, 1.82) is 0 Å². The van der Waals surface area contributed by atoms with Crippen LogP contribution in [0.4, 0.5) is 11.5 Å². The van der Waals surface area contributed by atoms with Crippen LogP contribution < -0.4 is 10.6 Å². The van der Waals surface area contributed by atoms with Crippen LogP contribution in [-0.2, 0) is 13.0 Å². The van der Waals surface area contributed by atoms with Gasteiger partial charge in [-0.2, -0.15) is 0 Å². The summed E-state index contributed by atoms with van der Waals surface area (Å²) in [5.74, 6) is 1.07. The molecule has 0 amide bonds. The largest absolute Gasteiger partial charge is 0.398 e. The fourth-order valence-corrected chi connectivity index (χ4v) is 3.13. The van der Waals surface area contributed by atoms with Gasteiger partial charge in [0.05, 0.1) is 0 Å². The molecule has 1 aliphatic heterocycles. The molecule has 1 aromatic heterocycles. The average Bonchev–Trinajstić information content (AvgIpc) is 2.38. The monoisotopic (exact) mass is 317 g/mol. The lowest BCUT2D eigenvalue weighted by molar-refractivity contribution is 0.719.